The van der Waals surface area contributed by atoms with Gasteiger partial charge in [0.15, 0.2) is 0 Å². The maximum Gasteiger partial charge on any atom is 0.0834 e. The summed E-state index contributed by atoms with van der Waals surface area (Å²) < 4.78 is 10.8. The van der Waals surface area contributed by atoms with E-state index < -0.39 is 0 Å². The lowest BCUT2D eigenvalue weighted by Gasteiger charge is -2.27. The Bertz CT molecular complexity index is 87.3. The third-order valence-corrected chi connectivity index (χ3v) is 2.12. The molecule has 0 aromatic heterocycles. The van der Waals surface area contributed by atoms with E-state index in [4.69, 9.17) is 9.47 Å². The van der Waals surface area contributed by atoms with Crippen LogP contribution in [0.25, 0.3) is 0 Å². The maximum absolute atomic E-state index is 5.51. The molecule has 1 aliphatic rings. The number of hydrogen-bond donors (Lipinski definition) is 0. The van der Waals surface area contributed by atoms with Crippen molar-refractivity contribution in [3.8, 4) is 0 Å². The van der Waals surface area contributed by atoms with Gasteiger partial charge in [-0.25, -0.2) is 0 Å². The van der Waals surface area contributed by atoms with E-state index in [0.29, 0.717) is 12.0 Å². The van der Waals surface area contributed by atoms with Gasteiger partial charge in [-0.2, -0.15) is 0 Å². The van der Waals surface area contributed by atoms with Crippen molar-refractivity contribution >= 4 is 0 Å². The summed E-state index contributed by atoms with van der Waals surface area (Å²) in [5.74, 6) is 0.639. The molecule has 0 aromatic carbocycles. The fourth-order valence-electron chi connectivity index (χ4n) is 1.10. The van der Waals surface area contributed by atoms with Gasteiger partial charge in [0, 0.05) is 0 Å². The lowest BCUT2D eigenvalue weighted by molar-refractivity contribution is -0.108. The molecule has 2 atom stereocenters. The molecule has 0 aromatic rings. The van der Waals surface area contributed by atoms with E-state index in [1.165, 1.54) is 6.42 Å². The molecule has 0 spiro atoms. The Hall–Kier alpha value is -0.0800. The molecule has 2 nitrogen and oxygen atoms in total. The molecule has 1 fully saturated rings. The average molecular weight is 144 g/mol. The van der Waals surface area contributed by atoms with Crippen molar-refractivity contribution in [1.29, 1.82) is 0 Å². The van der Waals surface area contributed by atoms with E-state index in [1.54, 1.807) is 0 Å². The van der Waals surface area contributed by atoms with Crippen molar-refractivity contribution < 1.29 is 9.47 Å². The average Bonchev–Trinajstić information content (AvgIpc) is 2.05. The van der Waals surface area contributed by atoms with E-state index in [-0.39, 0.29) is 0 Å². The zero-order valence-corrected chi connectivity index (χ0v) is 6.80. The van der Waals surface area contributed by atoms with Crippen molar-refractivity contribution in [1.82, 2.24) is 0 Å². The van der Waals surface area contributed by atoms with Crippen molar-refractivity contribution in [2.45, 2.75) is 26.4 Å². The molecule has 2 unspecified atom stereocenters. The number of rotatable bonds is 2. The second kappa shape index (κ2) is 3.94. The van der Waals surface area contributed by atoms with Crippen LogP contribution in [-0.2, 0) is 9.47 Å². The van der Waals surface area contributed by atoms with Crippen LogP contribution >= 0.6 is 0 Å². The van der Waals surface area contributed by atoms with Gasteiger partial charge in [0.25, 0.3) is 0 Å². The molecule has 0 amide bonds. The smallest absolute Gasteiger partial charge is 0.0834 e. The molecular formula is C8H16O2. The predicted octanol–water partition coefficient (Wildman–Crippen LogP) is 1.45. The first-order chi connectivity index (χ1) is 4.84. The van der Waals surface area contributed by atoms with Gasteiger partial charge in [-0.05, 0) is 5.92 Å². The molecule has 10 heavy (non-hydrogen) atoms. The van der Waals surface area contributed by atoms with Gasteiger partial charge in [0.1, 0.15) is 0 Å². The highest BCUT2D eigenvalue weighted by atomic mass is 16.6. The van der Waals surface area contributed by atoms with Gasteiger partial charge in [0.2, 0.25) is 0 Å². The number of ether oxygens (including phenoxy) is 2. The Morgan fingerprint density at radius 1 is 1.50 bits per heavy atom. The van der Waals surface area contributed by atoms with Gasteiger partial charge in [-0.15, -0.1) is 0 Å². The molecule has 0 radical (unpaired) electrons. The van der Waals surface area contributed by atoms with E-state index in [0.717, 1.165) is 19.8 Å². The van der Waals surface area contributed by atoms with Crippen molar-refractivity contribution in [2.75, 3.05) is 19.8 Å². The first-order valence-electron chi connectivity index (χ1n) is 4.04. The summed E-state index contributed by atoms with van der Waals surface area (Å²) in [7, 11) is 0. The highest BCUT2D eigenvalue weighted by molar-refractivity contribution is 4.66. The van der Waals surface area contributed by atoms with Crippen LogP contribution < -0.4 is 0 Å². The van der Waals surface area contributed by atoms with E-state index in [1.807, 2.05) is 0 Å². The molecule has 1 rings (SSSR count). The Labute approximate surface area is 62.5 Å². The molecule has 0 aliphatic carbocycles. The molecule has 1 aliphatic heterocycles. The van der Waals surface area contributed by atoms with Crippen LogP contribution in [0.3, 0.4) is 0 Å². The van der Waals surface area contributed by atoms with Crippen molar-refractivity contribution in [3.63, 3.8) is 0 Å². The third kappa shape index (κ3) is 1.96. The molecule has 0 saturated carbocycles. The van der Waals surface area contributed by atoms with Crippen LogP contribution in [0.4, 0.5) is 0 Å². The minimum absolute atomic E-state index is 0.346. The highest BCUT2D eigenvalue weighted by Gasteiger charge is 2.19. The monoisotopic (exact) mass is 144 g/mol. The first-order valence-corrected chi connectivity index (χ1v) is 4.04. The lowest BCUT2D eigenvalue weighted by Crippen LogP contribution is -2.33. The fourth-order valence-corrected chi connectivity index (χ4v) is 1.10. The highest BCUT2D eigenvalue weighted by Crippen LogP contribution is 2.14. The molecular weight excluding hydrogens is 128 g/mol. The topological polar surface area (TPSA) is 18.5 Å². The summed E-state index contributed by atoms with van der Waals surface area (Å²) in [6, 6.07) is 0. The quantitative estimate of drug-likeness (QED) is 0.584. The van der Waals surface area contributed by atoms with Gasteiger partial charge < -0.3 is 9.47 Å². The van der Waals surface area contributed by atoms with E-state index in [9.17, 15) is 0 Å². The summed E-state index contributed by atoms with van der Waals surface area (Å²) in [6.07, 6.45) is 1.52. The summed E-state index contributed by atoms with van der Waals surface area (Å²) in [4.78, 5) is 0. The molecule has 0 N–H and O–H groups in total. The fraction of sp³-hybridized carbons (Fsp3) is 1.00. The zero-order valence-electron chi connectivity index (χ0n) is 6.80. The van der Waals surface area contributed by atoms with Gasteiger partial charge in [-0.1, -0.05) is 20.3 Å². The minimum atomic E-state index is 0.346. The molecule has 0 bridgehead atoms. The second-order valence-electron chi connectivity index (χ2n) is 2.87. The largest absolute Gasteiger partial charge is 0.376 e. The second-order valence-corrected chi connectivity index (χ2v) is 2.87. The Morgan fingerprint density at radius 2 is 2.30 bits per heavy atom. The first kappa shape index (κ1) is 8.02. The zero-order chi connectivity index (χ0) is 7.40. The van der Waals surface area contributed by atoms with Gasteiger partial charge in [0.05, 0.1) is 25.9 Å². The molecule has 2 heteroatoms. The molecule has 1 heterocycles. The molecule has 60 valence electrons. The van der Waals surface area contributed by atoms with Crippen LogP contribution in [0.2, 0.25) is 0 Å². The van der Waals surface area contributed by atoms with E-state index >= 15 is 0 Å². The normalized spacial score (nSPS) is 30.0. The Balaban J connectivity index is 2.24. The van der Waals surface area contributed by atoms with Gasteiger partial charge >= 0.3 is 0 Å². The van der Waals surface area contributed by atoms with Crippen LogP contribution in [0.1, 0.15) is 20.3 Å². The Morgan fingerprint density at radius 3 is 2.80 bits per heavy atom. The number of hydrogen-bond acceptors (Lipinski definition) is 2. The standard InChI is InChI=1S/C8H16O2/c1-3-7(2)8-6-9-4-5-10-8/h7-8H,3-6H2,1-2H3. The predicted molar refractivity (Wildman–Crippen MR) is 40.0 cm³/mol. The van der Waals surface area contributed by atoms with Crippen LogP contribution in [0, 0.1) is 5.92 Å². The third-order valence-electron chi connectivity index (χ3n) is 2.12. The van der Waals surface area contributed by atoms with Crippen LogP contribution in [-0.4, -0.2) is 25.9 Å². The lowest BCUT2D eigenvalue weighted by atomic mass is 10.0. The van der Waals surface area contributed by atoms with Crippen molar-refractivity contribution in [2.24, 2.45) is 5.92 Å². The summed E-state index contributed by atoms with van der Waals surface area (Å²) in [6.45, 7) is 6.72. The summed E-state index contributed by atoms with van der Waals surface area (Å²) in [5, 5.41) is 0. The van der Waals surface area contributed by atoms with E-state index in [2.05, 4.69) is 13.8 Å². The summed E-state index contributed by atoms with van der Waals surface area (Å²) in [5.41, 5.74) is 0. The minimum Gasteiger partial charge on any atom is -0.376 e. The molecule has 1 saturated heterocycles. The maximum atomic E-state index is 5.51. The van der Waals surface area contributed by atoms with Crippen molar-refractivity contribution in [3.05, 3.63) is 0 Å². The van der Waals surface area contributed by atoms with Crippen LogP contribution in [0.15, 0.2) is 0 Å². The van der Waals surface area contributed by atoms with Crippen LogP contribution in [0.5, 0.6) is 0 Å². The SMILES string of the molecule is CCC(C)C1COCCO1. The van der Waals surface area contributed by atoms with Gasteiger partial charge in [-0.3, -0.25) is 0 Å². The Kier molecular flexibility index (Phi) is 3.16. The summed E-state index contributed by atoms with van der Waals surface area (Å²) >= 11 is 0.